The standard InChI is InChI=1S/C15H21N3O2/c1-5-20-15-10-12(6-7-14(15)19-4)17-11(2)13-8-9-16-18(13)3/h6-11,17H,5H2,1-4H3. The first-order valence-corrected chi connectivity index (χ1v) is 6.71. The Morgan fingerprint density at radius 3 is 2.70 bits per heavy atom. The fourth-order valence-electron chi connectivity index (χ4n) is 2.17. The van der Waals surface area contributed by atoms with Gasteiger partial charge in [0, 0.05) is 25.0 Å². The molecule has 1 aromatic carbocycles. The summed E-state index contributed by atoms with van der Waals surface area (Å²) in [4.78, 5) is 0. The van der Waals surface area contributed by atoms with E-state index in [4.69, 9.17) is 9.47 Å². The number of aromatic nitrogens is 2. The molecule has 5 heteroatoms. The van der Waals surface area contributed by atoms with Crippen LogP contribution in [0.15, 0.2) is 30.5 Å². The van der Waals surface area contributed by atoms with Gasteiger partial charge in [0.2, 0.25) is 0 Å². The number of ether oxygens (including phenoxy) is 2. The molecule has 0 bridgehead atoms. The molecule has 0 aliphatic rings. The van der Waals surface area contributed by atoms with Gasteiger partial charge in [-0.3, -0.25) is 4.68 Å². The van der Waals surface area contributed by atoms with Crippen LogP contribution in [0.1, 0.15) is 25.6 Å². The lowest BCUT2D eigenvalue weighted by Crippen LogP contribution is -2.11. The van der Waals surface area contributed by atoms with Crippen LogP contribution in [0.5, 0.6) is 11.5 Å². The summed E-state index contributed by atoms with van der Waals surface area (Å²) in [6.07, 6.45) is 1.80. The largest absolute Gasteiger partial charge is 0.493 e. The zero-order valence-corrected chi connectivity index (χ0v) is 12.4. The molecule has 1 unspecified atom stereocenters. The molecule has 2 rings (SSSR count). The summed E-state index contributed by atoms with van der Waals surface area (Å²) in [6, 6.07) is 8.00. The van der Waals surface area contributed by atoms with Crippen LogP contribution in [-0.2, 0) is 7.05 Å². The third kappa shape index (κ3) is 3.04. The number of nitrogens with one attached hydrogen (secondary N) is 1. The van der Waals surface area contributed by atoms with Gasteiger partial charge in [0.05, 0.1) is 25.5 Å². The van der Waals surface area contributed by atoms with E-state index in [-0.39, 0.29) is 6.04 Å². The first-order chi connectivity index (χ1) is 9.65. The van der Waals surface area contributed by atoms with Crippen LogP contribution in [0.2, 0.25) is 0 Å². The van der Waals surface area contributed by atoms with Crippen LogP contribution in [0.25, 0.3) is 0 Å². The van der Waals surface area contributed by atoms with Crippen molar-refractivity contribution >= 4 is 5.69 Å². The molecule has 2 aromatic rings. The molecule has 0 spiro atoms. The number of methoxy groups -OCH3 is 1. The number of aryl methyl sites for hydroxylation is 1. The number of hydrogen-bond donors (Lipinski definition) is 1. The van der Waals surface area contributed by atoms with Crippen LogP contribution >= 0.6 is 0 Å². The van der Waals surface area contributed by atoms with E-state index in [9.17, 15) is 0 Å². The second-order valence-electron chi connectivity index (χ2n) is 4.54. The molecule has 0 aliphatic heterocycles. The van der Waals surface area contributed by atoms with Gasteiger partial charge in [-0.1, -0.05) is 0 Å². The average molecular weight is 275 g/mol. The van der Waals surface area contributed by atoms with Crippen molar-refractivity contribution in [2.45, 2.75) is 19.9 Å². The Hall–Kier alpha value is -2.17. The zero-order valence-electron chi connectivity index (χ0n) is 12.4. The highest BCUT2D eigenvalue weighted by atomic mass is 16.5. The molecular formula is C15H21N3O2. The predicted molar refractivity (Wildman–Crippen MR) is 79.4 cm³/mol. The Balaban J connectivity index is 2.17. The Labute approximate surface area is 119 Å². The predicted octanol–water partition coefficient (Wildman–Crippen LogP) is 3.00. The maximum atomic E-state index is 5.58. The summed E-state index contributed by atoms with van der Waals surface area (Å²) in [5.74, 6) is 1.49. The van der Waals surface area contributed by atoms with Gasteiger partial charge in [0.1, 0.15) is 0 Å². The third-order valence-corrected chi connectivity index (χ3v) is 3.15. The Morgan fingerprint density at radius 2 is 2.10 bits per heavy atom. The van der Waals surface area contributed by atoms with Gasteiger partial charge in [-0.05, 0) is 32.0 Å². The summed E-state index contributed by atoms with van der Waals surface area (Å²) in [6.45, 7) is 4.66. The van der Waals surface area contributed by atoms with E-state index in [1.807, 2.05) is 42.9 Å². The fourth-order valence-corrected chi connectivity index (χ4v) is 2.17. The van der Waals surface area contributed by atoms with Crippen molar-refractivity contribution in [2.75, 3.05) is 19.0 Å². The molecule has 108 valence electrons. The molecule has 1 heterocycles. The molecule has 0 saturated carbocycles. The lowest BCUT2D eigenvalue weighted by atomic mass is 10.2. The van der Waals surface area contributed by atoms with Crippen molar-refractivity contribution in [3.05, 3.63) is 36.2 Å². The van der Waals surface area contributed by atoms with Crippen molar-refractivity contribution < 1.29 is 9.47 Å². The molecule has 1 aromatic heterocycles. The molecule has 5 nitrogen and oxygen atoms in total. The third-order valence-electron chi connectivity index (χ3n) is 3.15. The Morgan fingerprint density at radius 1 is 1.30 bits per heavy atom. The molecule has 20 heavy (non-hydrogen) atoms. The molecule has 0 aliphatic carbocycles. The van der Waals surface area contributed by atoms with E-state index in [1.54, 1.807) is 13.3 Å². The van der Waals surface area contributed by atoms with Gasteiger partial charge in [-0.25, -0.2) is 0 Å². The first kappa shape index (κ1) is 14.2. The van der Waals surface area contributed by atoms with Gasteiger partial charge in [0.25, 0.3) is 0 Å². The topological polar surface area (TPSA) is 48.3 Å². The lowest BCUT2D eigenvalue weighted by molar-refractivity contribution is 0.311. The normalized spacial score (nSPS) is 12.0. The molecular weight excluding hydrogens is 254 g/mol. The molecule has 0 fully saturated rings. The summed E-state index contributed by atoms with van der Waals surface area (Å²) in [7, 11) is 3.58. The second-order valence-corrected chi connectivity index (χ2v) is 4.54. The molecule has 0 saturated heterocycles. The average Bonchev–Trinajstić information content (AvgIpc) is 2.86. The van der Waals surface area contributed by atoms with Crippen LogP contribution in [0.4, 0.5) is 5.69 Å². The number of anilines is 1. The van der Waals surface area contributed by atoms with Crippen LogP contribution in [0, 0.1) is 0 Å². The smallest absolute Gasteiger partial charge is 0.163 e. The maximum absolute atomic E-state index is 5.58. The monoisotopic (exact) mass is 275 g/mol. The molecule has 1 N–H and O–H groups in total. The molecule has 1 atom stereocenters. The van der Waals surface area contributed by atoms with Crippen molar-refractivity contribution in [3.8, 4) is 11.5 Å². The van der Waals surface area contributed by atoms with E-state index >= 15 is 0 Å². The quantitative estimate of drug-likeness (QED) is 0.880. The highest BCUT2D eigenvalue weighted by Gasteiger charge is 2.11. The van der Waals surface area contributed by atoms with Gasteiger partial charge < -0.3 is 14.8 Å². The van der Waals surface area contributed by atoms with Crippen molar-refractivity contribution in [1.82, 2.24) is 9.78 Å². The highest BCUT2D eigenvalue weighted by molar-refractivity contribution is 5.55. The van der Waals surface area contributed by atoms with Gasteiger partial charge in [-0.2, -0.15) is 5.10 Å². The lowest BCUT2D eigenvalue weighted by Gasteiger charge is -2.17. The SMILES string of the molecule is CCOc1cc(NC(C)c2ccnn2C)ccc1OC. The van der Waals surface area contributed by atoms with Crippen molar-refractivity contribution in [1.29, 1.82) is 0 Å². The van der Waals surface area contributed by atoms with Gasteiger partial charge >= 0.3 is 0 Å². The minimum absolute atomic E-state index is 0.158. The summed E-state index contributed by atoms with van der Waals surface area (Å²) in [5.41, 5.74) is 2.11. The fraction of sp³-hybridized carbons (Fsp3) is 0.400. The van der Waals surface area contributed by atoms with E-state index in [2.05, 4.69) is 17.3 Å². The maximum Gasteiger partial charge on any atom is 0.163 e. The van der Waals surface area contributed by atoms with E-state index < -0.39 is 0 Å². The molecule has 0 amide bonds. The number of rotatable bonds is 6. The van der Waals surface area contributed by atoms with Crippen LogP contribution in [-0.4, -0.2) is 23.5 Å². The second kappa shape index (κ2) is 6.32. The minimum atomic E-state index is 0.158. The minimum Gasteiger partial charge on any atom is -0.493 e. The van der Waals surface area contributed by atoms with Crippen LogP contribution < -0.4 is 14.8 Å². The van der Waals surface area contributed by atoms with Crippen molar-refractivity contribution in [3.63, 3.8) is 0 Å². The number of nitrogens with zero attached hydrogens (tertiary/aromatic N) is 2. The van der Waals surface area contributed by atoms with Crippen LogP contribution in [0.3, 0.4) is 0 Å². The zero-order chi connectivity index (χ0) is 14.5. The summed E-state index contributed by atoms with van der Waals surface area (Å²) in [5, 5.41) is 7.62. The van der Waals surface area contributed by atoms with E-state index in [0.717, 1.165) is 22.9 Å². The van der Waals surface area contributed by atoms with E-state index in [0.29, 0.717) is 6.61 Å². The molecule has 0 radical (unpaired) electrons. The Kier molecular flexibility index (Phi) is 4.50. The summed E-state index contributed by atoms with van der Waals surface area (Å²) >= 11 is 0. The van der Waals surface area contributed by atoms with Gasteiger partial charge in [-0.15, -0.1) is 0 Å². The number of hydrogen-bond acceptors (Lipinski definition) is 4. The van der Waals surface area contributed by atoms with Gasteiger partial charge in [0.15, 0.2) is 11.5 Å². The van der Waals surface area contributed by atoms with E-state index in [1.165, 1.54) is 0 Å². The number of benzene rings is 1. The highest BCUT2D eigenvalue weighted by Crippen LogP contribution is 2.31. The Bertz CT molecular complexity index is 566. The van der Waals surface area contributed by atoms with Crippen molar-refractivity contribution in [2.24, 2.45) is 7.05 Å². The first-order valence-electron chi connectivity index (χ1n) is 6.71. The summed E-state index contributed by atoms with van der Waals surface area (Å²) < 4.78 is 12.7.